The first kappa shape index (κ1) is 17.2. The molecule has 1 aliphatic heterocycles. The van der Waals surface area contributed by atoms with E-state index in [4.69, 9.17) is 0 Å². The average Bonchev–Trinajstić information content (AvgIpc) is 2.98. The maximum atomic E-state index is 12.5. The van der Waals surface area contributed by atoms with E-state index in [0.717, 1.165) is 35.5 Å². The van der Waals surface area contributed by atoms with Crippen LogP contribution in [0.15, 0.2) is 53.4 Å². The van der Waals surface area contributed by atoms with Gasteiger partial charge in [-0.15, -0.1) is 11.8 Å². The summed E-state index contributed by atoms with van der Waals surface area (Å²) in [4.78, 5) is 23.7. The van der Waals surface area contributed by atoms with Gasteiger partial charge in [-0.25, -0.2) is 4.98 Å². The van der Waals surface area contributed by atoms with E-state index < -0.39 is 0 Å². The van der Waals surface area contributed by atoms with Gasteiger partial charge in [-0.05, 0) is 29.8 Å². The second-order valence-corrected chi connectivity index (χ2v) is 8.77. The maximum absolute atomic E-state index is 12.5. The Bertz CT molecular complexity index is 877. The summed E-state index contributed by atoms with van der Waals surface area (Å²) in [5.41, 5.74) is 3.13. The number of nitrogens with zero attached hydrogens (tertiary/aromatic N) is 2. The van der Waals surface area contributed by atoms with Gasteiger partial charge in [-0.3, -0.25) is 4.79 Å². The molecular formula is C21H23N3OS. The molecule has 1 N–H and O–H groups in total. The van der Waals surface area contributed by atoms with Crippen LogP contribution in [0.25, 0.3) is 11.0 Å². The highest BCUT2D eigenvalue weighted by Gasteiger charge is 2.33. The second-order valence-electron chi connectivity index (χ2n) is 7.12. The number of fused-ring (bicyclic) bond motifs is 1. The van der Waals surface area contributed by atoms with Crippen molar-refractivity contribution in [2.45, 2.75) is 36.3 Å². The maximum Gasteiger partial charge on any atom is 0.227 e. The number of aromatic nitrogens is 2. The van der Waals surface area contributed by atoms with E-state index in [9.17, 15) is 4.79 Å². The topological polar surface area (TPSA) is 49.0 Å². The number of H-pyrrole nitrogens is 1. The van der Waals surface area contributed by atoms with Crippen LogP contribution in [0.3, 0.4) is 0 Å². The largest absolute Gasteiger partial charge is 0.342 e. The number of aromatic amines is 1. The van der Waals surface area contributed by atoms with Gasteiger partial charge < -0.3 is 9.88 Å². The number of hydrogen-bond donors (Lipinski definition) is 1. The summed E-state index contributed by atoms with van der Waals surface area (Å²) < 4.78 is 0. The normalized spacial score (nSPS) is 14.8. The monoisotopic (exact) mass is 365 g/mol. The number of likely N-dealkylation sites (tertiary alicyclic amines) is 1. The van der Waals surface area contributed by atoms with Gasteiger partial charge in [0.15, 0.2) is 0 Å². The Morgan fingerprint density at radius 1 is 1.19 bits per heavy atom. The number of nitrogens with one attached hydrogen (secondary N) is 1. The number of hydrogen-bond acceptors (Lipinski definition) is 3. The van der Waals surface area contributed by atoms with E-state index in [-0.39, 0.29) is 5.91 Å². The Balaban J connectivity index is 1.33. The molecule has 26 heavy (non-hydrogen) atoms. The van der Waals surface area contributed by atoms with Crippen LogP contribution in [0, 0.1) is 0 Å². The molecular weight excluding hydrogens is 342 g/mol. The van der Waals surface area contributed by atoms with E-state index in [1.807, 2.05) is 40.9 Å². The van der Waals surface area contributed by atoms with Crippen LogP contribution in [0.5, 0.6) is 0 Å². The molecule has 0 aliphatic carbocycles. The zero-order chi connectivity index (χ0) is 18.1. The SMILES string of the molecule is CC(C)Sc1ccc(CC(=O)N2CC(c3nc4ccccc4[nH]3)C2)cc1. The molecule has 1 amide bonds. The zero-order valence-corrected chi connectivity index (χ0v) is 15.9. The first-order valence-corrected chi connectivity index (χ1v) is 9.94. The number of thioether (sulfide) groups is 1. The number of carbonyl (C=O) groups is 1. The molecule has 1 fully saturated rings. The average molecular weight is 366 g/mol. The van der Waals surface area contributed by atoms with Crippen LogP contribution in [-0.4, -0.2) is 39.1 Å². The van der Waals surface area contributed by atoms with Crippen molar-refractivity contribution in [3.8, 4) is 0 Å². The molecule has 1 aliphatic rings. The predicted octanol–water partition coefficient (Wildman–Crippen LogP) is 4.23. The molecule has 0 atom stereocenters. The minimum Gasteiger partial charge on any atom is -0.342 e. The van der Waals surface area contributed by atoms with Crippen molar-refractivity contribution < 1.29 is 4.79 Å². The van der Waals surface area contributed by atoms with Crippen LogP contribution >= 0.6 is 11.8 Å². The zero-order valence-electron chi connectivity index (χ0n) is 15.1. The van der Waals surface area contributed by atoms with Gasteiger partial charge in [0.25, 0.3) is 0 Å². The van der Waals surface area contributed by atoms with Gasteiger partial charge in [0, 0.05) is 23.2 Å². The molecule has 0 unspecified atom stereocenters. The van der Waals surface area contributed by atoms with Crippen LogP contribution in [0.4, 0.5) is 0 Å². The summed E-state index contributed by atoms with van der Waals surface area (Å²) in [6.07, 6.45) is 0.472. The number of carbonyl (C=O) groups excluding carboxylic acids is 1. The Labute approximate surface area is 158 Å². The second kappa shape index (κ2) is 7.16. The standard InChI is InChI=1S/C21H23N3OS/c1-14(2)26-17-9-7-15(8-10-17)11-20(25)24-12-16(13-24)21-22-18-5-3-4-6-19(18)23-21/h3-10,14,16H,11-13H2,1-2H3,(H,22,23). The third-order valence-corrected chi connectivity index (χ3v) is 5.69. The molecule has 5 heteroatoms. The van der Waals surface area contributed by atoms with Gasteiger partial charge in [-0.2, -0.15) is 0 Å². The van der Waals surface area contributed by atoms with E-state index >= 15 is 0 Å². The molecule has 134 valence electrons. The Morgan fingerprint density at radius 3 is 2.62 bits per heavy atom. The fourth-order valence-corrected chi connectivity index (χ4v) is 4.10. The first-order valence-electron chi connectivity index (χ1n) is 9.06. The van der Waals surface area contributed by atoms with Crippen molar-refractivity contribution in [1.82, 2.24) is 14.9 Å². The minimum atomic E-state index is 0.196. The highest BCUT2D eigenvalue weighted by atomic mass is 32.2. The van der Waals surface area contributed by atoms with E-state index in [1.165, 1.54) is 4.90 Å². The molecule has 0 radical (unpaired) electrons. The summed E-state index contributed by atoms with van der Waals surface area (Å²) in [5, 5.41) is 0.568. The van der Waals surface area contributed by atoms with Crippen LogP contribution in [-0.2, 0) is 11.2 Å². The van der Waals surface area contributed by atoms with Crippen molar-refractivity contribution in [2.75, 3.05) is 13.1 Å². The number of rotatable bonds is 5. The van der Waals surface area contributed by atoms with Crippen molar-refractivity contribution >= 4 is 28.7 Å². The van der Waals surface area contributed by atoms with Crippen molar-refractivity contribution in [1.29, 1.82) is 0 Å². The van der Waals surface area contributed by atoms with E-state index in [2.05, 4.69) is 48.1 Å². The third kappa shape index (κ3) is 3.63. The Morgan fingerprint density at radius 2 is 1.92 bits per heavy atom. The summed E-state index contributed by atoms with van der Waals surface area (Å²) in [5.74, 6) is 1.50. The number of imidazole rings is 1. The first-order chi connectivity index (χ1) is 12.6. The van der Waals surface area contributed by atoms with Gasteiger partial charge in [-0.1, -0.05) is 38.1 Å². The van der Waals surface area contributed by atoms with Crippen LogP contribution in [0.2, 0.25) is 0 Å². The third-order valence-electron chi connectivity index (χ3n) is 4.68. The Kier molecular flexibility index (Phi) is 4.72. The molecule has 0 bridgehead atoms. The lowest BCUT2D eigenvalue weighted by molar-refractivity contribution is -0.134. The highest BCUT2D eigenvalue weighted by molar-refractivity contribution is 7.99. The molecule has 4 nitrogen and oxygen atoms in total. The number of benzene rings is 2. The fraction of sp³-hybridized carbons (Fsp3) is 0.333. The lowest BCUT2D eigenvalue weighted by atomic mass is 9.98. The molecule has 1 aromatic heterocycles. The van der Waals surface area contributed by atoms with E-state index in [0.29, 0.717) is 17.6 Å². The minimum absolute atomic E-state index is 0.196. The molecule has 0 spiro atoms. The highest BCUT2D eigenvalue weighted by Crippen LogP contribution is 2.28. The van der Waals surface area contributed by atoms with Crippen molar-refractivity contribution in [3.05, 3.63) is 59.9 Å². The number of amides is 1. The summed E-state index contributed by atoms with van der Waals surface area (Å²) in [6.45, 7) is 5.87. The van der Waals surface area contributed by atoms with Gasteiger partial charge in [0.05, 0.1) is 23.4 Å². The fourth-order valence-electron chi connectivity index (χ4n) is 3.27. The van der Waals surface area contributed by atoms with E-state index in [1.54, 1.807) is 0 Å². The number of para-hydroxylation sites is 2. The van der Waals surface area contributed by atoms with Gasteiger partial charge in [0.1, 0.15) is 5.82 Å². The molecule has 1 saturated heterocycles. The predicted molar refractivity (Wildman–Crippen MR) is 107 cm³/mol. The van der Waals surface area contributed by atoms with Crippen LogP contribution < -0.4 is 0 Å². The lowest BCUT2D eigenvalue weighted by Gasteiger charge is -2.38. The summed E-state index contributed by atoms with van der Waals surface area (Å²) in [6, 6.07) is 16.4. The quantitative estimate of drug-likeness (QED) is 0.688. The van der Waals surface area contributed by atoms with Crippen LogP contribution in [0.1, 0.15) is 31.2 Å². The van der Waals surface area contributed by atoms with Crippen molar-refractivity contribution in [2.24, 2.45) is 0 Å². The lowest BCUT2D eigenvalue weighted by Crippen LogP contribution is -2.49. The molecule has 4 rings (SSSR count). The van der Waals surface area contributed by atoms with Gasteiger partial charge in [0.2, 0.25) is 5.91 Å². The molecule has 3 aromatic rings. The van der Waals surface area contributed by atoms with Gasteiger partial charge >= 0.3 is 0 Å². The van der Waals surface area contributed by atoms with Crippen molar-refractivity contribution in [3.63, 3.8) is 0 Å². The smallest absolute Gasteiger partial charge is 0.227 e. The molecule has 0 saturated carbocycles. The molecule has 2 aromatic carbocycles. The Hall–Kier alpha value is -2.27. The molecule has 2 heterocycles. The summed E-state index contributed by atoms with van der Waals surface area (Å²) in [7, 11) is 0. The summed E-state index contributed by atoms with van der Waals surface area (Å²) >= 11 is 1.84.